The van der Waals surface area contributed by atoms with Crippen molar-refractivity contribution in [2.24, 2.45) is 0 Å². The largest absolute Gasteiger partial charge is 0.433 e. The highest BCUT2D eigenvalue weighted by atomic mass is 32.2. The van der Waals surface area contributed by atoms with E-state index >= 15 is 0 Å². The van der Waals surface area contributed by atoms with E-state index in [0.717, 1.165) is 53.1 Å². The second kappa shape index (κ2) is 9.90. The normalized spacial score (nSPS) is 16.8. The molecule has 2 aromatic heterocycles. The summed E-state index contributed by atoms with van der Waals surface area (Å²) in [5, 5.41) is 2.58. The van der Waals surface area contributed by atoms with Crippen molar-refractivity contribution in [1.82, 2.24) is 19.6 Å². The van der Waals surface area contributed by atoms with Crippen molar-refractivity contribution >= 4 is 15.9 Å². The number of amides is 1. The maximum absolute atomic E-state index is 14.3. The maximum atomic E-state index is 14.3. The molecule has 190 valence electrons. The van der Waals surface area contributed by atoms with Crippen LogP contribution in [0.15, 0.2) is 59.8 Å². The summed E-state index contributed by atoms with van der Waals surface area (Å²) in [6, 6.07) is 6.35. The number of aromatic nitrogens is 2. The van der Waals surface area contributed by atoms with Gasteiger partial charge in [0.2, 0.25) is 15.9 Å². The van der Waals surface area contributed by atoms with Crippen molar-refractivity contribution in [3.63, 3.8) is 0 Å². The van der Waals surface area contributed by atoms with Crippen LogP contribution in [-0.2, 0) is 27.5 Å². The minimum atomic E-state index is -4.64. The van der Waals surface area contributed by atoms with Gasteiger partial charge in [0.05, 0.1) is 23.3 Å². The molecule has 1 aromatic carbocycles. The van der Waals surface area contributed by atoms with E-state index in [0.29, 0.717) is 6.42 Å². The van der Waals surface area contributed by atoms with Crippen molar-refractivity contribution in [3.05, 3.63) is 77.9 Å². The van der Waals surface area contributed by atoms with Gasteiger partial charge in [-0.15, -0.1) is 0 Å². The Balaban J connectivity index is 1.47. The van der Waals surface area contributed by atoms with E-state index in [2.05, 4.69) is 15.3 Å². The first kappa shape index (κ1) is 25.6. The van der Waals surface area contributed by atoms with E-state index in [1.807, 2.05) is 0 Å². The molecule has 3 heterocycles. The van der Waals surface area contributed by atoms with Crippen LogP contribution in [-0.4, -0.2) is 41.2 Å². The van der Waals surface area contributed by atoms with Gasteiger partial charge < -0.3 is 5.32 Å². The molecule has 1 aliphatic heterocycles. The average Bonchev–Trinajstić information content (AvgIpc) is 3.34. The first-order valence-electron chi connectivity index (χ1n) is 10.7. The summed E-state index contributed by atoms with van der Waals surface area (Å²) in [6.07, 6.45) is -2.16. The highest BCUT2D eigenvalue weighted by molar-refractivity contribution is 7.89. The van der Waals surface area contributed by atoms with Crippen molar-refractivity contribution < 1.29 is 35.2 Å². The third-order valence-electron chi connectivity index (χ3n) is 5.65. The van der Waals surface area contributed by atoms with E-state index < -0.39 is 45.5 Å². The standard InChI is InChI=1S/C23H19F5N4O3S/c24-15-4-6-17(7-5-15)36(34,35)32-9-1-2-20(32)22(33)31-12-16-10-18(19(25)13-29-16)14-3-8-21(30-11-14)23(26,27)28/h3-8,10-11,13,20H,1-2,9,12H2,(H,31,33). The molecule has 0 bridgehead atoms. The molecule has 1 unspecified atom stereocenters. The summed E-state index contributed by atoms with van der Waals surface area (Å²) in [7, 11) is -4.04. The Morgan fingerprint density at radius 3 is 2.42 bits per heavy atom. The van der Waals surface area contributed by atoms with E-state index in [9.17, 15) is 35.2 Å². The molecule has 1 N–H and O–H groups in total. The number of carbonyl (C=O) groups excluding carboxylic acids is 1. The Morgan fingerprint density at radius 1 is 1.06 bits per heavy atom. The van der Waals surface area contributed by atoms with Crippen LogP contribution in [0, 0.1) is 11.6 Å². The van der Waals surface area contributed by atoms with Crippen molar-refractivity contribution in [3.8, 4) is 11.1 Å². The molecule has 0 aliphatic carbocycles. The predicted molar refractivity (Wildman–Crippen MR) is 118 cm³/mol. The lowest BCUT2D eigenvalue weighted by Crippen LogP contribution is -2.45. The summed E-state index contributed by atoms with van der Waals surface area (Å²) in [4.78, 5) is 19.9. The van der Waals surface area contributed by atoms with Crippen LogP contribution in [0.4, 0.5) is 22.0 Å². The molecule has 4 rings (SSSR count). The molecule has 1 atom stereocenters. The molecule has 0 radical (unpaired) electrons. The molecule has 0 spiro atoms. The SMILES string of the molecule is O=C(NCc1cc(-c2ccc(C(F)(F)F)nc2)c(F)cn1)C1CCCN1S(=O)(=O)c1ccc(F)cc1. The number of halogens is 5. The van der Waals surface area contributed by atoms with E-state index in [1.54, 1.807) is 0 Å². The van der Waals surface area contributed by atoms with Crippen LogP contribution in [0.25, 0.3) is 11.1 Å². The van der Waals surface area contributed by atoms with Gasteiger partial charge in [-0.25, -0.2) is 17.2 Å². The van der Waals surface area contributed by atoms with Gasteiger partial charge in [-0.2, -0.15) is 17.5 Å². The zero-order valence-electron chi connectivity index (χ0n) is 18.5. The van der Waals surface area contributed by atoms with Gasteiger partial charge in [-0.1, -0.05) is 6.07 Å². The molecule has 1 aliphatic rings. The summed E-state index contributed by atoms with van der Waals surface area (Å²) in [5.41, 5.74) is -0.893. The molecule has 0 saturated carbocycles. The van der Waals surface area contributed by atoms with E-state index in [-0.39, 0.29) is 41.2 Å². The molecular formula is C23H19F5N4O3S. The Kier molecular flexibility index (Phi) is 7.05. The number of nitrogens with zero attached hydrogens (tertiary/aromatic N) is 3. The second-order valence-electron chi connectivity index (χ2n) is 8.03. The van der Waals surface area contributed by atoms with Crippen LogP contribution < -0.4 is 5.32 Å². The van der Waals surface area contributed by atoms with Gasteiger partial charge in [0.15, 0.2) is 0 Å². The summed E-state index contributed by atoms with van der Waals surface area (Å²) in [6.45, 7) is -0.0707. The second-order valence-corrected chi connectivity index (χ2v) is 9.92. The number of benzene rings is 1. The lowest BCUT2D eigenvalue weighted by molar-refractivity contribution is -0.141. The molecule has 7 nitrogen and oxygen atoms in total. The Bertz CT molecular complexity index is 1360. The Morgan fingerprint density at radius 2 is 1.78 bits per heavy atom. The van der Waals surface area contributed by atoms with Gasteiger partial charge in [0.25, 0.3) is 0 Å². The predicted octanol–water partition coefficient (Wildman–Crippen LogP) is 3.91. The molecular weight excluding hydrogens is 507 g/mol. The third-order valence-corrected chi connectivity index (χ3v) is 7.57. The topological polar surface area (TPSA) is 92.3 Å². The van der Waals surface area contributed by atoms with Gasteiger partial charge in [0.1, 0.15) is 23.4 Å². The van der Waals surface area contributed by atoms with Gasteiger partial charge >= 0.3 is 6.18 Å². The molecule has 3 aromatic rings. The number of hydrogen-bond donors (Lipinski definition) is 1. The lowest BCUT2D eigenvalue weighted by atomic mass is 10.1. The third kappa shape index (κ3) is 5.36. The maximum Gasteiger partial charge on any atom is 0.433 e. The Labute approximate surface area is 203 Å². The smallest absolute Gasteiger partial charge is 0.349 e. The van der Waals surface area contributed by atoms with Crippen LogP contribution in [0.5, 0.6) is 0 Å². The molecule has 36 heavy (non-hydrogen) atoms. The summed E-state index contributed by atoms with van der Waals surface area (Å²) >= 11 is 0. The molecule has 1 amide bonds. The van der Waals surface area contributed by atoms with Crippen molar-refractivity contribution in [1.29, 1.82) is 0 Å². The zero-order chi connectivity index (χ0) is 26.1. The van der Waals surface area contributed by atoms with Crippen LogP contribution in [0.1, 0.15) is 24.2 Å². The van der Waals surface area contributed by atoms with Crippen LogP contribution in [0.2, 0.25) is 0 Å². The number of carbonyl (C=O) groups is 1. The van der Waals surface area contributed by atoms with Gasteiger partial charge in [-0.05, 0) is 49.2 Å². The number of sulfonamides is 1. The van der Waals surface area contributed by atoms with Gasteiger partial charge in [-0.3, -0.25) is 14.8 Å². The van der Waals surface area contributed by atoms with E-state index in [1.165, 1.54) is 6.07 Å². The first-order chi connectivity index (χ1) is 17.0. The molecule has 1 saturated heterocycles. The monoisotopic (exact) mass is 526 g/mol. The zero-order valence-corrected chi connectivity index (χ0v) is 19.3. The summed E-state index contributed by atoms with van der Waals surface area (Å²) < 4.78 is 92.7. The van der Waals surface area contributed by atoms with Crippen LogP contribution >= 0.6 is 0 Å². The average molecular weight is 526 g/mol. The Hall–Kier alpha value is -3.45. The van der Waals surface area contributed by atoms with Crippen molar-refractivity contribution in [2.45, 2.75) is 36.5 Å². The van der Waals surface area contributed by atoms with E-state index in [4.69, 9.17) is 0 Å². The number of nitrogens with one attached hydrogen (secondary N) is 1. The lowest BCUT2D eigenvalue weighted by Gasteiger charge is -2.23. The highest BCUT2D eigenvalue weighted by Gasteiger charge is 2.39. The molecule has 1 fully saturated rings. The quantitative estimate of drug-likeness (QED) is 0.492. The minimum Gasteiger partial charge on any atom is -0.349 e. The minimum absolute atomic E-state index is 0.0585. The number of hydrogen-bond acceptors (Lipinski definition) is 5. The fourth-order valence-electron chi connectivity index (χ4n) is 3.85. The number of alkyl halides is 3. The van der Waals surface area contributed by atoms with Gasteiger partial charge in [0, 0.05) is 23.9 Å². The summed E-state index contributed by atoms with van der Waals surface area (Å²) in [5.74, 6) is -1.98. The molecule has 13 heteroatoms. The number of pyridine rings is 2. The first-order valence-corrected chi connectivity index (χ1v) is 12.1. The number of rotatable bonds is 6. The highest BCUT2D eigenvalue weighted by Crippen LogP contribution is 2.30. The van der Waals surface area contributed by atoms with Crippen LogP contribution in [0.3, 0.4) is 0 Å². The fourth-order valence-corrected chi connectivity index (χ4v) is 5.50. The fraction of sp³-hybridized carbons (Fsp3) is 0.261. The van der Waals surface area contributed by atoms with Crippen molar-refractivity contribution in [2.75, 3.05) is 6.54 Å².